The van der Waals surface area contributed by atoms with E-state index in [-0.39, 0.29) is 6.10 Å². The van der Waals surface area contributed by atoms with E-state index >= 15 is 0 Å². The van der Waals surface area contributed by atoms with Crippen molar-refractivity contribution in [3.05, 3.63) is 0 Å². The topological polar surface area (TPSA) is 32.3 Å². The number of hydrogen-bond acceptors (Lipinski definition) is 2. The Kier molecular flexibility index (Phi) is 4.26. The van der Waals surface area contributed by atoms with Gasteiger partial charge in [0.05, 0.1) is 6.10 Å². The Morgan fingerprint density at radius 2 is 1.69 bits per heavy atom. The smallest absolute Gasteiger partial charge is 0.0721 e. The van der Waals surface area contributed by atoms with Gasteiger partial charge in [0.15, 0.2) is 0 Å². The molecule has 94 valence electrons. The molecule has 16 heavy (non-hydrogen) atoms. The van der Waals surface area contributed by atoms with Crippen molar-refractivity contribution in [2.75, 3.05) is 6.54 Å². The fraction of sp³-hybridized carbons (Fsp3) is 1.00. The van der Waals surface area contributed by atoms with Gasteiger partial charge in [-0.15, -0.1) is 0 Å². The summed E-state index contributed by atoms with van der Waals surface area (Å²) in [5.74, 6) is 2.21. The molecule has 1 aliphatic heterocycles. The van der Waals surface area contributed by atoms with Crippen molar-refractivity contribution in [2.45, 2.75) is 64.5 Å². The fourth-order valence-corrected chi connectivity index (χ4v) is 3.37. The lowest BCUT2D eigenvalue weighted by Crippen LogP contribution is -2.48. The van der Waals surface area contributed by atoms with Crippen LogP contribution in [0.4, 0.5) is 0 Å². The summed E-state index contributed by atoms with van der Waals surface area (Å²) in [5.41, 5.74) is 0. The second-order valence-corrected chi connectivity index (χ2v) is 6.20. The third-order valence-corrected chi connectivity index (χ3v) is 4.66. The van der Waals surface area contributed by atoms with Crippen LogP contribution in [0.3, 0.4) is 0 Å². The van der Waals surface area contributed by atoms with Gasteiger partial charge in [-0.25, -0.2) is 0 Å². The van der Waals surface area contributed by atoms with E-state index in [0.29, 0.717) is 12.0 Å². The van der Waals surface area contributed by atoms with Gasteiger partial charge in [-0.05, 0) is 50.0 Å². The molecule has 0 aromatic rings. The zero-order chi connectivity index (χ0) is 11.5. The maximum absolute atomic E-state index is 10.4. The van der Waals surface area contributed by atoms with Crippen molar-refractivity contribution in [1.82, 2.24) is 5.32 Å². The van der Waals surface area contributed by atoms with E-state index in [1.165, 1.54) is 32.1 Å². The van der Waals surface area contributed by atoms with Gasteiger partial charge in [0.25, 0.3) is 0 Å². The molecule has 0 aromatic heterocycles. The minimum Gasteiger partial charge on any atom is -0.391 e. The molecule has 1 saturated heterocycles. The molecule has 1 aliphatic carbocycles. The minimum absolute atomic E-state index is 0.102. The summed E-state index contributed by atoms with van der Waals surface area (Å²) in [5, 5.41) is 13.9. The van der Waals surface area contributed by atoms with Crippen LogP contribution in [0, 0.1) is 17.8 Å². The lowest BCUT2D eigenvalue weighted by atomic mass is 9.76. The molecule has 0 radical (unpaired) electrons. The van der Waals surface area contributed by atoms with Crippen molar-refractivity contribution in [3.8, 4) is 0 Å². The first-order valence-corrected chi connectivity index (χ1v) is 7.08. The third-order valence-electron chi connectivity index (χ3n) is 4.66. The van der Waals surface area contributed by atoms with Gasteiger partial charge in [0.1, 0.15) is 0 Å². The van der Waals surface area contributed by atoms with Crippen molar-refractivity contribution >= 4 is 0 Å². The van der Waals surface area contributed by atoms with Crippen LogP contribution >= 0.6 is 0 Å². The van der Waals surface area contributed by atoms with Crippen LogP contribution < -0.4 is 5.32 Å². The Hall–Kier alpha value is -0.0800. The SMILES string of the molecule is CC1CCC(C(O)C2CC(C)CCN2)CC1. The maximum atomic E-state index is 10.4. The van der Waals surface area contributed by atoms with Crippen molar-refractivity contribution < 1.29 is 5.11 Å². The van der Waals surface area contributed by atoms with E-state index in [1.807, 2.05) is 0 Å². The molecule has 0 bridgehead atoms. The van der Waals surface area contributed by atoms with E-state index in [4.69, 9.17) is 0 Å². The molecule has 1 heterocycles. The Bertz CT molecular complexity index is 211. The van der Waals surface area contributed by atoms with Crippen LogP contribution in [0.1, 0.15) is 52.4 Å². The van der Waals surface area contributed by atoms with Gasteiger partial charge in [-0.2, -0.15) is 0 Å². The van der Waals surface area contributed by atoms with Crippen molar-refractivity contribution in [3.63, 3.8) is 0 Å². The molecule has 3 unspecified atom stereocenters. The molecule has 0 amide bonds. The molecule has 1 saturated carbocycles. The van der Waals surface area contributed by atoms with E-state index in [2.05, 4.69) is 19.2 Å². The van der Waals surface area contributed by atoms with Crippen LogP contribution in [-0.2, 0) is 0 Å². The zero-order valence-corrected chi connectivity index (χ0v) is 10.8. The van der Waals surface area contributed by atoms with Gasteiger partial charge in [0, 0.05) is 6.04 Å². The average molecular weight is 225 g/mol. The molecule has 2 rings (SSSR count). The molecular formula is C14H27NO. The highest BCUT2D eigenvalue weighted by Gasteiger charge is 2.32. The fourth-order valence-electron chi connectivity index (χ4n) is 3.37. The Morgan fingerprint density at radius 1 is 1.00 bits per heavy atom. The number of rotatable bonds is 2. The van der Waals surface area contributed by atoms with E-state index in [0.717, 1.165) is 24.8 Å². The molecule has 3 atom stereocenters. The van der Waals surface area contributed by atoms with E-state index in [9.17, 15) is 5.11 Å². The van der Waals surface area contributed by atoms with Gasteiger partial charge >= 0.3 is 0 Å². The standard InChI is InChI=1S/C14H27NO/c1-10-3-5-12(6-4-10)14(16)13-9-11(2)7-8-15-13/h10-16H,3-9H2,1-2H3. The highest BCUT2D eigenvalue weighted by molar-refractivity contribution is 4.87. The predicted molar refractivity (Wildman–Crippen MR) is 67.3 cm³/mol. The average Bonchev–Trinajstić information content (AvgIpc) is 2.29. The van der Waals surface area contributed by atoms with Gasteiger partial charge in [-0.1, -0.05) is 26.7 Å². The monoisotopic (exact) mass is 225 g/mol. The number of aliphatic hydroxyl groups excluding tert-OH is 1. The van der Waals surface area contributed by atoms with Crippen LogP contribution in [0.2, 0.25) is 0 Å². The first-order valence-electron chi connectivity index (χ1n) is 7.08. The second kappa shape index (κ2) is 5.50. The lowest BCUT2D eigenvalue weighted by Gasteiger charge is -2.38. The summed E-state index contributed by atoms with van der Waals surface area (Å²) in [4.78, 5) is 0. The van der Waals surface area contributed by atoms with Crippen molar-refractivity contribution in [1.29, 1.82) is 0 Å². The number of hydrogen-bond donors (Lipinski definition) is 2. The third kappa shape index (κ3) is 2.98. The van der Waals surface area contributed by atoms with E-state index in [1.54, 1.807) is 0 Å². The van der Waals surface area contributed by atoms with Gasteiger partial charge in [-0.3, -0.25) is 0 Å². The quantitative estimate of drug-likeness (QED) is 0.757. The van der Waals surface area contributed by atoms with Crippen LogP contribution in [-0.4, -0.2) is 23.8 Å². The number of nitrogens with one attached hydrogen (secondary N) is 1. The Labute approximate surface area is 99.8 Å². The molecular weight excluding hydrogens is 198 g/mol. The highest BCUT2D eigenvalue weighted by Crippen LogP contribution is 2.33. The lowest BCUT2D eigenvalue weighted by molar-refractivity contribution is 0.0288. The number of aliphatic hydroxyl groups is 1. The molecule has 2 fully saturated rings. The second-order valence-electron chi connectivity index (χ2n) is 6.20. The van der Waals surface area contributed by atoms with Crippen LogP contribution in [0.5, 0.6) is 0 Å². The Morgan fingerprint density at radius 3 is 2.31 bits per heavy atom. The largest absolute Gasteiger partial charge is 0.391 e. The zero-order valence-electron chi connectivity index (χ0n) is 10.8. The summed E-state index contributed by atoms with van der Waals surface area (Å²) in [7, 11) is 0. The molecule has 2 heteroatoms. The van der Waals surface area contributed by atoms with Crippen LogP contribution in [0.15, 0.2) is 0 Å². The van der Waals surface area contributed by atoms with E-state index < -0.39 is 0 Å². The normalized spacial score (nSPS) is 42.9. The maximum Gasteiger partial charge on any atom is 0.0721 e. The van der Waals surface area contributed by atoms with Gasteiger partial charge in [0.2, 0.25) is 0 Å². The molecule has 2 nitrogen and oxygen atoms in total. The first kappa shape index (κ1) is 12.4. The number of piperidine rings is 1. The highest BCUT2D eigenvalue weighted by atomic mass is 16.3. The summed E-state index contributed by atoms with van der Waals surface area (Å²) >= 11 is 0. The molecule has 2 aliphatic rings. The summed E-state index contributed by atoms with van der Waals surface area (Å²) in [6.45, 7) is 5.74. The summed E-state index contributed by atoms with van der Waals surface area (Å²) in [6.07, 6.45) is 7.41. The molecule has 0 aromatic carbocycles. The molecule has 2 N–H and O–H groups in total. The molecule has 0 spiro atoms. The summed E-state index contributed by atoms with van der Waals surface area (Å²) in [6, 6.07) is 0.363. The van der Waals surface area contributed by atoms with Gasteiger partial charge < -0.3 is 10.4 Å². The predicted octanol–water partition coefficient (Wildman–Crippen LogP) is 2.56. The van der Waals surface area contributed by atoms with Crippen LogP contribution in [0.25, 0.3) is 0 Å². The first-order chi connectivity index (χ1) is 7.66. The Balaban J connectivity index is 1.84. The summed E-state index contributed by atoms with van der Waals surface area (Å²) < 4.78 is 0. The minimum atomic E-state index is -0.102. The van der Waals surface area contributed by atoms with Crippen molar-refractivity contribution in [2.24, 2.45) is 17.8 Å².